The van der Waals surface area contributed by atoms with Crippen LogP contribution in [0.3, 0.4) is 0 Å². The van der Waals surface area contributed by atoms with Gasteiger partial charge in [-0.15, -0.1) is 0 Å². The van der Waals surface area contributed by atoms with Crippen molar-refractivity contribution in [1.29, 1.82) is 0 Å². The summed E-state index contributed by atoms with van der Waals surface area (Å²) in [5, 5.41) is 0. The van der Waals surface area contributed by atoms with Crippen LogP contribution in [0, 0.1) is 0 Å². The van der Waals surface area contributed by atoms with E-state index in [0.29, 0.717) is 12.2 Å². The first-order chi connectivity index (χ1) is 15.5. The first-order valence-electron chi connectivity index (χ1n) is 11.0. The highest BCUT2D eigenvalue weighted by atomic mass is 79.9. The molecule has 1 unspecified atom stereocenters. The predicted octanol–water partition coefficient (Wildman–Crippen LogP) is 6.57. The Kier molecular flexibility index (Phi) is 9.27. The van der Waals surface area contributed by atoms with Gasteiger partial charge in [0.1, 0.15) is 0 Å². The molecule has 3 nitrogen and oxygen atoms in total. The highest BCUT2D eigenvalue weighted by Crippen LogP contribution is 2.20. The average molecular weight is 492 g/mol. The molecule has 3 aromatic carbocycles. The summed E-state index contributed by atoms with van der Waals surface area (Å²) >= 11 is 3.52. The fourth-order valence-corrected chi connectivity index (χ4v) is 3.95. The number of hydrogen-bond acceptors (Lipinski definition) is 3. The standard InChI is InChI=1S/C28H30BrNO2/c1-3-32-28(31)22(2)18-27(19-23-14-16-26(29)17-15-23)30(20-24-10-6-4-7-11-24)21-25-12-8-5-9-13-25/h4-18,27H,3,19-21H2,1-2H3. The molecule has 0 spiro atoms. The van der Waals surface area contributed by atoms with Crippen LogP contribution in [-0.2, 0) is 29.0 Å². The first-order valence-corrected chi connectivity index (χ1v) is 11.8. The van der Waals surface area contributed by atoms with Gasteiger partial charge < -0.3 is 4.74 Å². The summed E-state index contributed by atoms with van der Waals surface area (Å²) in [6.45, 7) is 5.61. The number of ether oxygens (including phenoxy) is 1. The predicted molar refractivity (Wildman–Crippen MR) is 134 cm³/mol. The largest absolute Gasteiger partial charge is 0.463 e. The van der Waals surface area contributed by atoms with E-state index >= 15 is 0 Å². The zero-order valence-corrected chi connectivity index (χ0v) is 20.3. The lowest BCUT2D eigenvalue weighted by Crippen LogP contribution is -2.35. The average Bonchev–Trinajstić information content (AvgIpc) is 2.81. The van der Waals surface area contributed by atoms with Crippen molar-refractivity contribution in [3.8, 4) is 0 Å². The molecule has 0 N–H and O–H groups in total. The Labute approximate surface area is 199 Å². The maximum Gasteiger partial charge on any atom is 0.333 e. The van der Waals surface area contributed by atoms with E-state index in [1.807, 2.05) is 26.0 Å². The molecule has 32 heavy (non-hydrogen) atoms. The maximum atomic E-state index is 12.4. The summed E-state index contributed by atoms with van der Waals surface area (Å²) in [5.41, 5.74) is 4.34. The number of carbonyl (C=O) groups is 1. The normalized spacial score (nSPS) is 12.6. The van der Waals surface area contributed by atoms with Crippen LogP contribution in [0.5, 0.6) is 0 Å². The molecule has 0 heterocycles. The van der Waals surface area contributed by atoms with Crippen molar-refractivity contribution in [3.63, 3.8) is 0 Å². The van der Waals surface area contributed by atoms with Gasteiger partial charge in [0.2, 0.25) is 0 Å². The molecule has 3 aromatic rings. The summed E-state index contributed by atoms with van der Waals surface area (Å²) in [4.78, 5) is 14.8. The lowest BCUT2D eigenvalue weighted by molar-refractivity contribution is -0.138. The van der Waals surface area contributed by atoms with Gasteiger partial charge in [-0.2, -0.15) is 0 Å². The molecule has 0 amide bonds. The van der Waals surface area contributed by atoms with Gasteiger partial charge >= 0.3 is 5.97 Å². The number of hydrogen-bond donors (Lipinski definition) is 0. The quantitative estimate of drug-likeness (QED) is 0.237. The van der Waals surface area contributed by atoms with Crippen molar-refractivity contribution in [2.75, 3.05) is 6.61 Å². The van der Waals surface area contributed by atoms with Crippen LogP contribution in [0.4, 0.5) is 0 Å². The minimum Gasteiger partial charge on any atom is -0.463 e. The lowest BCUT2D eigenvalue weighted by atomic mass is 10.0. The third kappa shape index (κ3) is 7.47. The van der Waals surface area contributed by atoms with Gasteiger partial charge in [0.05, 0.1) is 6.61 Å². The van der Waals surface area contributed by atoms with Crippen LogP contribution in [0.15, 0.2) is 101 Å². The van der Waals surface area contributed by atoms with Crippen LogP contribution >= 0.6 is 15.9 Å². The Morgan fingerprint density at radius 3 is 1.91 bits per heavy atom. The fraction of sp³-hybridized carbons (Fsp3) is 0.250. The van der Waals surface area contributed by atoms with Gasteiger partial charge in [-0.25, -0.2) is 4.79 Å². The van der Waals surface area contributed by atoms with Crippen LogP contribution in [0.25, 0.3) is 0 Å². The molecule has 0 saturated heterocycles. The molecule has 4 heteroatoms. The summed E-state index contributed by atoms with van der Waals surface area (Å²) in [6.07, 6.45) is 2.86. The van der Waals surface area contributed by atoms with Crippen LogP contribution in [-0.4, -0.2) is 23.5 Å². The topological polar surface area (TPSA) is 29.5 Å². The number of rotatable bonds is 10. The van der Waals surface area contributed by atoms with Crippen molar-refractivity contribution >= 4 is 21.9 Å². The van der Waals surface area contributed by atoms with Gasteiger partial charge in [-0.3, -0.25) is 4.90 Å². The minimum atomic E-state index is -0.257. The van der Waals surface area contributed by atoms with Gasteiger partial charge in [0, 0.05) is 29.2 Å². The molecule has 0 saturated carbocycles. The molecule has 3 rings (SSSR count). The van der Waals surface area contributed by atoms with Crippen LogP contribution in [0.1, 0.15) is 30.5 Å². The monoisotopic (exact) mass is 491 g/mol. The number of benzene rings is 3. The zero-order valence-electron chi connectivity index (χ0n) is 18.7. The number of carbonyl (C=O) groups excluding carboxylic acids is 1. The van der Waals surface area contributed by atoms with E-state index in [1.54, 1.807) is 0 Å². The van der Waals surface area contributed by atoms with Crippen LogP contribution in [0.2, 0.25) is 0 Å². The summed E-state index contributed by atoms with van der Waals surface area (Å²) in [7, 11) is 0. The van der Waals surface area contributed by atoms with E-state index in [2.05, 4.69) is 99.7 Å². The number of esters is 1. The fourth-order valence-electron chi connectivity index (χ4n) is 3.68. The molecule has 0 fully saturated rings. The summed E-state index contributed by atoms with van der Waals surface area (Å²) in [5.74, 6) is -0.257. The van der Waals surface area contributed by atoms with E-state index in [4.69, 9.17) is 4.74 Å². The van der Waals surface area contributed by atoms with E-state index in [-0.39, 0.29) is 12.0 Å². The Morgan fingerprint density at radius 2 is 1.41 bits per heavy atom. The molecule has 0 aromatic heterocycles. The van der Waals surface area contributed by atoms with Crippen LogP contribution < -0.4 is 0 Å². The van der Waals surface area contributed by atoms with Crippen molar-refractivity contribution in [2.24, 2.45) is 0 Å². The molecule has 166 valence electrons. The van der Waals surface area contributed by atoms with Gasteiger partial charge in [0.15, 0.2) is 0 Å². The summed E-state index contributed by atoms with van der Waals surface area (Å²) < 4.78 is 6.31. The number of halogens is 1. The summed E-state index contributed by atoms with van der Waals surface area (Å²) in [6, 6.07) is 29.4. The Hall–Kier alpha value is -2.69. The smallest absolute Gasteiger partial charge is 0.333 e. The third-order valence-corrected chi connectivity index (χ3v) is 5.85. The lowest BCUT2D eigenvalue weighted by Gasteiger charge is -2.31. The maximum absolute atomic E-state index is 12.4. The van der Waals surface area contributed by atoms with E-state index in [9.17, 15) is 4.79 Å². The Balaban J connectivity index is 1.96. The molecule has 0 radical (unpaired) electrons. The first kappa shape index (κ1) is 24.0. The Morgan fingerprint density at radius 1 is 0.875 bits per heavy atom. The highest BCUT2D eigenvalue weighted by Gasteiger charge is 2.20. The van der Waals surface area contributed by atoms with Crippen molar-refractivity contribution in [3.05, 3.63) is 118 Å². The zero-order chi connectivity index (χ0) is 22.8. The molecular formula is C28H30BrNO2. The molecule has 1 atom stereocenters. The molecule has 0 aliphatic carbocycles. The second kappa shape index (κ2) is 12.4. The Bertz CT molecular complexity index is 959. The SMILES string of the molecule is CCOC(=O)C(C)=CC(Cc1ccc(Br)cc1)N(Cc1ccccc1)Cc1ccccc1. The van der Waals surface area contributed by atoms with Crippen molar-refractivity contribution < 1.29 is 9.53 Å². The van der Waals surface area contributed by atoms with E-state index in [1.165, 1.54) is 16.7 Å². The minimum absolute atomic E-state index is 0.0287. The second-order valence-corrected chi connectivity index (χ2v) is 8.76. The van der Waals surface area contributed by atoms with Gasteiger partial charge in [-0.1, -0.05) is 94.8 Å². The highest BCUT2D eigenvalue weighted by molar-refractivity contribution is 9.10. The molecule has 0 bridgehead atoms. The van der Waals surface area contributed by atoms with Gasteiger partial charge in [-0.05, 0) is 49.1 Å². The van der Waals surface area contributed by atoms with E-state index < -0.39 is 0 Å². The molecular weight excluding hydrogens is 462 g/mol. The molecule has 0 aliphatic rings. The third-order valence-electron chi connectivity index (χ3n) is 5.32. The van der Waals surface area contributed by atoms with Crippen molar-refractivity contribution in [2.45, 2.75) is 39.4 Å². The van der Waals surface area contributed by atoms with E-state index in [0.717, 1.165) is 24.0 Å². The second-order valence-electron chi connectivity index (χ2n) is 7.84. The number of nitrogens with zero attached hydrogens (tertiary/aromatic N) is 1. The van der Waals surface area contributed by atoms with Crippen molar-refractivity contribution in [1.82, 2.24) is 4.90 Å². The van der Waals surface area contributed by atoms with Gasteiger partial charge in [0.25, 0.3) is 0 Å². The molecule has 0 aliphatic heterocycles.